The van der Waals surface area contributed by atoms with Crippen LogP contribution < -0.4 is 4.74 Å². The van der Waals surface area contributed by atoms with Crippen LogP contribution in [0.25, 0.3) is 24.3 Å². The number of halogens is 1. The molecule has 0 bridgehead atoms. The van der Waals surface area contributed by atoms with Crippen molar-refractivity contribution in [2.75, 3.05) is 0 Å². The minimum atomic E-state index is -0.519. The molecule has 3 aromatic carbocycles. The molecule has 0 heterocycles. The van der Waals surface area contributed by atoms with Crippen LogP contribution >= 0.6 is 0 Å². The Hall–Kier alpha value is -4.51. The van der Waals surface area contributed by atoms with Gasteiger partial charge in [-0.2, -0.15) is 0 Å². The molecule has 3 rings (SSSR count). The highest BCUT2D eigenvalue weighted by Gasteiger charge is 2.02. The van der Waals surface area contributed by atoms with Crippen molar-refractivity contribution >= 4 is 36.2 Å². The predicted molar refractivity (Wildman–Crippen MR) is 133 cm³/mol. The van der Waals surface area contributed by atoms with E-state index in [4.69, 9.17) is 9.47 Å². The van der Waals surface area contributed by atoms with Crippen LogP contribution in [0, 0.1) is 5.82 Å². The monoisotopic (exact) mass is 454 g/mol. The van der Waals surface area contributed by atoms with Crippen LogP contribution in [-0.2, 0) is 20.9 Å². The summed E-state index contributed by atoms with van der Waals surface area (Å²) in [4.78, 5) is 22.4. The fourth-order valence-corrected chi connectivity index (χ4v) is 2.97. The number of esters is 2. The second-order valence-electron chi connectivity index (χ2n) is 7.20. The molecule has 0 radical (unpaired) electrons. The molecule has 0 amide bonds. The summed E-state index contributed by atoms with van der Waals surface area (Å²) in [5, 5.41) is 0. The molecule has 0 saturated carbocycles. The van der Waals surface area contributed by atoms with E-state index in [-0.39, 0.29) is 12.4 Å². The van der Waals surface area contributed by atoms with E-state index in [1.54, 1.807) is 48.6 Å². The first kappa shape index (κ1) is 24.1. The molecule has 0 saturated heterocycles. The highest BCUT2D eigenvalue weighted by atomic mass is 19.1. The Labute approximate surface area is 198 Å². The summed E-state index contributed by atoms with van der Waals surface area (Å²) in [6.45, 7) is 6.87. The molecular weight excluding hydrogens is 431 g/mol. The average Bonchev–Trinajstić information content (AvgIpc) is 2.86. The minimum absolute atomic E-state index is 0.143. The van der Waals surface area contributed by atoms with Crippen LogP contribution in [-0.4, -0.2) is 11.9 Å². The summed E-state index contributed by atoms with van der Waals surface area (Å²) >= 11 is 0. The van der Waals surface area contributed by atoms with Crippen molar-refractivity contribution in [3.63, 3.8) is 0 Å². The van der Waals surface area contributed by atoms with Crippen LogP contribution in [0.5, 0.6) is 5.75 Å². The van der Waals surface area contributed by atoms with Crippen molar-refractivity contribution in [2.45, 2.75) is 6.61 Å². The molecule has 0 spiro atoms. The van der Waals surface area contributed by atoms with E-state index in [0.717, 1.165) is 28.8 Å². The highest BCUT2D eigenvalue weighted by Crippen LogP contribution is 2.18. The van der Waals surface area contributed by atoms with Gasteiger partial charge < -0.3 is 9.47 Å². The Morgan fingerprint density at radius 2 is 1.41 bits per heavy atom. The lowest BCUT2D eigenvalue weighted by Crippen LogP contribution is -2.02. The van der Waals surface area contributed by atoms with Gasteiger partial charge >= 0.3 is 11.9 Å². The SMILES string of the molecule is C=CC(=O)OCc1cccc(C=Cc2ccc(C=Cc3ccc(OC(=O)C=C)cc3)cc2F)c1. The summed E-state index contributed by atoms with van der Waals surface area (Å²) < 4.78 is 24.7. The first-order chi connectivity index (χ1) is 16.5. The molecule has 0 N–H and O–H groups in total. The van der Waals surface area contributed by atoms with Crippen LogP contribution in [0.2, 0.25) is 0 Å². The van der Waals surface area contributed by atoms with Gasteiger partial charge in [0.1, 0.15) is 18.2 Å². The molecule has 0 aliphatic carbocycles. The predicted octanol–water partition coefficient (Wildman–Crippen LogP) is 6.49. The zero-order chi connectivity index (χ0) is 24.3. The summed E-state index contributed by atoms with van der Waals surface area (Å²) in [5.74, 6) is -0.925. The van der Waals surface area contributed by atoms with Crippen molar-refractivity contribution in [3.05, 3.63) is 126 Å². The maximum absolute atomic E-state index is 14.6. The van der Waals surface area contributed by atoms with E-state index in [9.17, 15) is 14.0 Å². The third-order valence-corrected chi connectivity index (χ3v) is 4.71. The number of rotatable bonds is 9. The quantitative estimate of drug-likeness (QED) is 0.161. The number of hydrogen-bond acceptors (Lipinski definition) is 4. The van der Waals surface area contributed by atoms with Gasteiger partial charge in [0.2, 0.25) is 0 Å². The first-order valence-corrected chi connectivity index (χ1v) is 10.4. The van der Waals surface area contributed by atoms with E-state index in [0.29, 0.717) is 16.9 Å². The maximum atomic E-state index is 14.6. The number of hydrogen-bond donors (Lipinski definition) is 0. The average molecular weight is 454 g/mol. The van der Waals surface area contributed by atoms with Gasteiger partial charge in [-0.05, 0) is 46.5 Å². The fraction of sp³-hybridized carbons (Fsp3) is 0.0345. The molecule has 0 unspecified atom stereocenters. The lowest BCUT2D eigenvalue weighted by Gasteiger charge is -2.04. The van der Waals surface area contributed by atoms with Crippen molar-refractivity contribution in [3.8, 4) is 5.75 Å². The van der Waals surface area contributed by atoms with E-state index in [1.807, 2.05) is 36.4 Å². The summed E-state index contributed by atoms with van der Waals surface area (Å²) in [6.07, 6.45) is 9.35. The number of carbonyl (C=O) groups excluding carboxylic acids is 2. The second kappa shape index (κ2) is 11.9. The van der Waals surface area contributed by atoms with Gasteiger partial charge in [0, 0.05) is 17.7 Å². The molecule has 0 aromatic heterocycles. The third kappa shape index (κ3) is 7.28. The summed E-state index contributed by atoms with van der Waals surface area (Å²) in [5.41, 5.74) is 3.72. The molecule has 3 aromatic rings. The second-order valence-corrected chi connectivity index (χ2v) is 7.20. The molecule has 4 nitrogen and oxygen atoms in total. The Morgan fingerprint density at radius 1 is 0.765 bits per heavy atom. The van der Waals surface area contributed by atoms with Crippen LogP contribution in [0.3, 0.4) is 0 Å². The smallest absolute Gasteiger partial charge is 0.335 e. The topological polar surface area (TPSA) is 52.6 Å². The lowest BCUT2D eigenvalue weighted by molar-refractivity contribution is -0.139. The summed E-state index contributed by atoms with van der Waals surface area (Å²) in [6, 6.07) is 19.4. The first-order valence-electron chi connectivity index (χ1n) is 10.4. The number of benzene rings is 3. The molecule has 0 fully saturated rings. The van der Waals surface area contributed by atoms with Crippen LogP contribution in [0.15, 0.2) is 92.0 Å². The van der Waals surface area contributed by atoms with Crippen molar-refractivity contribution in [1.82, 2.24) is 0 Å². The Morgan fingerprint density at radius 3 is 2.12 bits per heavy atom. The minimum Gasteiger partial charge on any atom is -0.458 e. The summed E-state index contributed by atoms with van der Waals surface area (Å²) in [7, 11) is 0. The van der Waals surface area contributed by atoms with Gasteiger partial charge in [-0.25, -0.2) is 14.0 Å². The Bertz CT molecular complexity index is 1250. The van der Waals surface area contributed by atoms with Gasteiger partial charge in [0.05, 0.1) is 0 Å². The van der Waals surface area contributed by atoms with Crippen molar-refractivity contribution in [1.29, 1.82) is 0 Å². The molecule has 5 heteroatoms. The van der Waals surface area contributed by atoms with E-state index >= 15 is 0 Å². The van der Waals surface area contributed by atoms with Gasteiger partial charge in [0.15, 0.2) is 0 Å². The molecule has 0 aliphatic rings. The fourth-order valence-electron chi connectivity index (χ4n) is 2.97. The van der Waals surface area contributed by atoms with Gasteiger partial charge in [0.25, 0.3) is 0 Å². The molecule has 34 heavy (non-hydrogen) atoms. The molecule has 170 valence electrons. The van der Waals surface area contributed by atoms with Gasteiger partial charge in [-0.15, -0.1) is 0 Å². The molecule has 0 atom stereocenters. The van der Waals surface area contributed by atoms with E-state index in [2.05, 4.69) is 13.2 Å². The molecular formula is C29H23FO4. The van der Waals surface area contributed by atoms with E-state index < -0.39 is 11.9 Å². The van der Waals surface area contributed by atoms with Gasteiger partial charge in [-0.3, -0.25) is 0 Å². The normalized spacial score (nSPS) is 10.9. The zero-order valence-corrected chi connectivity index (χ0v) is 18.4. The van der Waals surface area contributed by atoms with Crippen LogP contribution in [0.4, 0.5) is 4.39 Å². The maximum Gasteiger partial charge on any atom is 0.335 e. The number of carbonyl (C=O) groups is 2. The largest absolute Gasteiger partial charge is 0.458 e. The van der Waals surface area contributed by atoms with Crippen molar-refractivity contribution in [2.24, 2.45) is 0 Å². The highest BCUT2D eigenvalue weighted by molar-refractivity contribution is 5.83. The number of ether oxygens (including phenoxy) is 2. The van der Waals surface area contributed by atoms with Gasteiger partial charge in [-0.1, -0.05) is 79.9 Å². The Kier molecular flexibility index (Phi) is 8.47. The van der Waals surface area contributed by atoms with Crippen molar-refractivity contribution < 1.29 is 23.5 Å². The lowest BCUT2D eigenvalue weighted by atomic mass is 10.1. The third-order valence-electron chi connectivity index (χ3n) is 4.71. The van der Waals surface area contributed by atoms with Crippen LogP contribution in [0.1, 0.15) is 27.8 Å². The van der Waals surface area contributed by atoms with E-state index in [1.165, 1.54) is 6.07 Å². The standard InChI is InChI=1S/C29H23FO4/c1-3-28(31)33-20-24-7-5-6-22(18-24)10-14-25-15-11-23(19-27(25)30)9-8-21-12-16-26(17-13-21)34-29(32)4-2/h3-19H,1-2,20H2. The Balaban J connectivity index is 1.64. The zero-order valence-electron chi connectivity index (χ0n) is 18.4. The molecule has 0 aliphatic heterocycles.